The van der Waals surface area contributed by atoms with Gasteiger partial charge in [0.15, 0.2) is 0 Å². The van der Waals surface area contributed by atoms with E-state index in [-0.39, 0.29) is 31.4 Å². The van der Waals surface area contributed by atoms with E-state index < -0.39 is 29.1 Å². The first-order valence-electron chi connectivity index (χ1n) is 15.6. The number of amides is 3. The van der Waals surface area contributed by atoms with Gasteiger partial charge < -0.3 is 24.6 Å². The minimum absolute atomic E-state index is 0.0848. The molecule has 1 heterocycles. The summed E-state index contributed by atoms with van der Waals surface area (Å²) in [7, 11) is 0. The van der Waals surface area contributed by atoms with Crippen molar-refractivity contribution in [3.05, 3.63) is 101 Å². The summed E-state index contributed by atoms with van der Waals surface area (Å²) in [4.78, 5) is 56.4. The minimum atomic E-state index is -0.700. The second-order valence-electron chi connectivity index (χ2n) is 12.2. The van der Waals surface area contributed by atoms with E-state index in [0.717, 1.165) is 16.7 Å². The van der Waals surface area contributed by atoms with Crippen molar-refractivity contribution in [3.8, 4) is 0 Å². The standard InChI is InChI=1S/C36H43N3O6S/c1-5-44-33(41)22-30(27-16-10-7-11-17-27)39-24-32(40)38(23-26-13-8-6-9-14-26)29-20-19-25(21-28(29)34(39)42)15-12-18-31(46)37-35(43)45-36(2,3)4/h6-11,13-14,16-17,19-21,30-31,46H,5,12,15,18,22-24H2,1-4H3,(H,37,43). The van der Waals surface area contributed by atoms with Gasteiger partial charge >= 0.3 is 12.1 Å². The molecule has 0 spiro atoms. The van der Waals surface area contributed by atoms with Crippen molar-refractivity contribution in [3.63, 3.8) is 0 Å². The molecular weight excluding hydrogens is 602 g/mol. The number of esters is 1. The third kappa shape index (κ3) is 9.59. The van der Waals surface area contributed by atoms with Gasteiger partial charge in [0.05, 0.1) is 42.2 Å². The number of nitrogens with one attached hydrogen (secondary N) is 1. The van der Waals surface area contributed by atoms with E-state index >= 15 is 0 Å². The maximum Gasteiger partial charge on any atom is 0.408 e. The maximum atomic E-state index is 14.4. The first-order chi connectivity index (χ1) is 21.9. The number of nitrogens with zero attached hydrogens (tertiary/aromatic N) is 2. The lowest BCUT2D eigenvalue weighted by molar-refractivity contribution is -0.144. The van der Waals surface area contributed by atoms with Gasteiger partial charge in [-0.05, 0) is 75.8 Å². The topological polar surface area (TPSA) is 105 Å². The van der Waals surface area contributed by atoms with Crippen molar-refractivity contribution in [2.45, 2.75) is 76.9 Å². The molecule has 9 nitrogen and oxygen atoms in total. The van der Waals surface area contributed by atoms with Crippen LogP contribution in [0.1, 0.15) is 80.0 Å². The minimum Gasteiger partial charge on any atom is -0.466 e. The fraction of sp³-hybridized carbons (Fsp3) is 0.389. The normalized spacial score (nSPS) is 14.6. The highest BCUT2D eigenvalue weighted by Crippen LogP contribution is 2.34. The summed E-state index contributed by atoms with van der Waals surface area (Å²) in [6, 6.07) is 23.8. The van der Waals surface area contributed by atoms with E-state index in [0.29, 0.717) is 37.1 Å². The Labute approximate surface area is 276 Å². The highest BCUT2D eigenvalue weighted by Gasteiger charge is 2.37. The molecule has 0 saturated carbocycles. The molecule has 0 aromatic heterocycles. The van der Waals surface area contributed by atoms with Crippen molar-refractivity contribution in [2.24, 2.45) is 0 Å². The lowest BCUT2D eigenvalue weighted by Crippen LogP contribution is -2.41. The van der Waals surface area contributed by atoms with E-state index in [1.54, 1.807) is 32.6 Å². The lowest BCUT2D eigenvalue weighted by atomic mass is 9.99. The van der Waals surface area contributed by atoms with Gasteiger partial charge in [-0.3, -0.25) is 14.4 Å². The summed E-state index contributed by atoms with van der Waals surface area (Å²) in [6.45, 7) is 7.44. The van der Waals surface area contributed by atoms with Crippen molar-refractivity contribution in [2.75, 3.05) is 18.1 Å². The van der Waals surface area contributed by atoms with Crippen molar-refractivity contribution in [1.82, 2.24) is 10.2 Å². The average molecular weight is 646 g/mol. The molecule has 244 valence electrons. The van der Waals surface area contributed by atoms with Crippen LogP contribution in [-0.2, 0) is 32.0 Å². The molecule has 3 amide bonds. The molecular formula is C36H43N3O6S. The number of carbonyl (C=O) groups is 4. The van der Waals surface area contributed by atoms with E-state index in [4.69, 9.17) is 9.47 Å². The third-order valence-electron chi connectivity index (χ3n) is 7.49. The van der Waals surface area contributed by atoms with Gasteiger partial charge in [0.1, 0.15) is 12.1 Å². The third-order valence-corrected chi connectivity index (χ3v) is 7.87. The second kappa shape index (κ2) is 15.8. The number of benzene rings is 3. The first kappa shape index (κ1) is 34.6. The smallest absolute Gasteiger partial charge is 0.408 e. The highest BCUT2D eigenvalue weighted by atomic mass is 32.1. The SMILES string of the molecule is CCOC(=O)CC(c1ccccc1)N1CC(=O)N(Cc2ccccc2)c2ccc(CCCC(S)NC(=O)OC(C)(C)C)cc2C1=O. The summed E-state index contributed by atoms with van der Waals surface area (Å²) in [5.74, 6) is -1.03. The van der Waals surface area contributed by atoms with E-state index in [9.17, 15) is 19.2 Å². The molecule has 2 atom stereocenters. The number of ether oxygens (including phenoxy) is 2. The van der Waals surface area contributed by atoms with Crippen LogP contribution in [0.4, 0.5) is 10.5 Å². The number of fused-ring (bicyclic) bond motifs is 1. The quantitative estimate of drug-likeness (QED) is 0.133. The van der Waals surface area contributed by atoms with Gasteiger partial charge in [0.25, 0.3) is 5.91 Å². The summed E-state index contributed by atoms with van der Waals surface area (Å²) >= 11 is 4.50. The molecule has 0 radical (unpaired) electrons. The molecule has 4 rings (SSSR count). The number of carbonyl (C=O) groups excluding carboxylic acids is 4. The Kier molecular flexibility index (Phi) is 11.9. The highest BCUT2D eigenvalue weighted by molar-refractivity contribution is 7.80. The monoisotopic (exact) mass is 645 g/mol. The zero-order valence-electron chi connectivity index (χ0n) is 26.9. The average Bonchev–Trinajstić information content (AvgIpc) is 3.10. The zero-order chi connectivity index (χ0) is 33.3. The molecule has 0 fully saturated rings. The van der Waals surface area contributed by atoms with Crippen LogP contribution in [0.15, 0.2) is 78.9 Å². The zero-order valence-corrected chi connectivity index (χ0v) is 27.8. The van der Waals surface area contributed by atoms with Crippen LogP contribution in [0.3, 0.4) is 0 Å². The number of anilines is 1. The predicted molar refractivity (Wildman–Crippen MR) is 181 cm³/mol. The van der Waals surface area contributed by atoms with Gasteiger partial charge in [-0.1, -0.05) is 66.7 Å². The fourth-order valence-corrected chi connectivity index (χ4v) is 5.69. The van der Waals surface area contributed by atoms with Crippen LogP contribution in [0, 0.1) is 0 Å². The van der Waals surface area contributed by atoms with E-state index in [2.05, 4.69) is 17.9 Å². The Bertz CT molecular complexity index is 1510. The van der Waals surface area contributed by atoms with Crippen LogP contribution in [0.2, 0.25) is 0 Å². The summed E-state index contributed by atoms with van der Waals surface area (Å²) in [5.41, 5.74) is 2.87. The van der Waals surface area contributed by atoms with Crippen LogP contribution in [0.25, 0.3) is 0 Å². The van der Waals surface area contributed by atoms with E-state index in [1.165, 1.54) is 4.90 Å². The largest absolute Gasteiger partial charge is 0.466 e. The van der Waals surface area contributed by atoms with Crippen LogP contribution in [0.5, 0.6) is 0 Å². The van der Waals surface area contributed by atoms with Gasteiger partial charge in [0, 0.05) is 0 Å². The number of alkyl carbamates (subject to hydrolysis) is 1. The molecule has 2 unspecified atom stereocenters. The van der Waals surface area contributed by atoms with Gasteiger partial charge in [-0.25, -0.2) is 4.79 Å². The second-order valence-corrected chi connectivity index (χ2v) is 12.9. The Hall–Kier alpha value is -4.31. The van der Waals surface area contributed by atoms with E-state index in [1.807, 2.05) is 78.9 Å². The molecule has 46 heavy (non-hydrogen) atoms. The molecule has 3 aromatic carbocycles. The van der Waals surface area contributed by atoms with Gasteiger partial charge in [-0.15, -0.1) is 0 Å². The van der Waals surface area contributed by atoms with Gasteiger partial charge in [-0.2, -0.15) is 12.6 Å². The Balaban J connectivity index is 1.63. The molecule has 1 N–H and O–H groups in total. The first-order valence-corrected chi connectivity index (χ1v) is 16.1. The molecule has 0 saturated heterocycles. The van der Waals surface area contributed by atoms with Crippen molar-refractivity contribution >= 4 is 42.2 Å². The molecule has 3 aromatic rings. The molecule has 1 aliphatic rings. The van der Waals surface area contributed by atoms with Crippen LogP contribution < -0.4 is 10.2 Å². The Morgan fingerprint density at radius 1 is 0.957 bits per heavy atom. The number of aryl methyl sites for hydroxylation is 1. The number of thiol groups is 1. The molecule has 0 bridgehead atoms. The number of rotatable bonds is 12. The Morgan fingerprint density at radius 2 is 1.63 bits per heavy atom. The Morgan fingerprint density at radius 3 is 2.28 bits per heavy atom. The fourth-order valence-electron chi connectivity index (χ4n) is 5.40. The molecule has 1 aliphatic heterocycles. The predicted octanol–water partition coefficient (Wildman–Crippen LogP) is 6.47. The summed E-state index contributed by atoms with van der Waals surface area (Å²) in [6.07, 6.45) is 1.27. The van der Waals surface area contributed by atoms with Crippen molar-refractivity contribution in [1.29, 1.82) is 0 Å². The summed E-state index contributed by atoms with van der Waals surface area (Å²) < 4.78 is 10.6. The van der Waals surface area contributed by atoms with Crippen LogP contribution in [-0.4, -0.2) is 52.9 Å². The molecule has 0 aliphatic carbocycles. The lowest BCUT2D eigenvalue weighted by Gasteiger charge is -2.30. The number of hydrogen-bond donors (Lipinski definition) is 2. The maximum absolute atomic E-state index is 14.4. The summed E-state index contributed by atoms with van der Waals surface area (Å²) in [5, 5.41) is 2.34. The van der Waals surface area contributed by atoms with Crippen LogP contribution >= 0.6 is 12.6 Å². The number of hydrogen-bond acceptors (Lipinski definition) is 7. The van der Waals surface area contributed by atoms with Gasteiger partial charge in [0.2, 0.25) is 5.91 Å². The molecule has 10 heteroatoms. The van der Waals surface area contributed by atoms with Crippen molar-refractivity contribution < 1.29 is 28.7 Å².